The molecule has 6 nitrogen and oxygen atoms in total. The summed E-state index contributed by atoms with van der Waals surface area (Å²) in [6, 6.07) is 7.78. The minimum absolute atomic E-state index is 0.158. The smallest absolute Gasteiger partial charge is 0.310 e. The lowest BCUT2D eigenvalue weighted by molar-refractivity contribution is -0.142. The Bertz CT molecular complexity index is 1110. The van der Waals surface area contributed by atoms with Crippen LogP contribution in [-0.2, 0) is 21.4 Å². The Hall–Kier alpha value is -2.34. The Morgan fingerprint density at radius 3 is 1.95 bits per heavy atom. The van der Waals surface area contributed by atoms with Crippen LogP contribution in [0.3, 0.4) is 0 Å². The van der Waals surface area contributed by atoms with Gasteiger partial charge in [0.15, 0.2) is 11.5 Å². The maximum atomic E-state index is 12.3. The number of carbonyl (C=O) groups excluding carboxylic acids is 1. The molecule has 3 aromatic rings. The van der Waals surface area contributed by atoms with Gasteiger partial charge in [0.05, 0.1) is 18.7 Å². The summed E-state index contributed by atoms with van der Waals surface area (Å²) in [5.74, 6) is 0.515. The molecule has 0 aliphatic rings. The Morgan fingerprint density at radius 1 is 0.868 bits per heavy atom. The molecule has 0 saturated carbocycles. The van der Waals surface area contributed by atoms with Crippen LogP contribution in [0.4, 0.5) is 0 Å². The van der Waals surface area contributed by atoms with Gasteiger partial charge in [-0.15, -0.1) is 9.73 Å². The first-order chi connectivity index (χ1) is 18.3. The quantitative estimate of drug-likeness (QED) is 0.136. The number of halogens is 1. The van der Waals surface area contributed by atoms with Crippen molar-refractivity contribution < 1.29 is 9.53 Å². The summed E-state index contributed by atoms with van der Waals surface area (Å²) in [6.45, 7) is 9.00. The number of fused-ring (bicyclic) bond motifs is 1. The van der Waals surface area contributed by atoms with Crippen LogP contribution in [0, 0.1) is 0 Å². The fraction of sp³-hybridized carbons (Fsp3) is 0.645. The molecule has 0 aliphatic carbocycles. The van der Waals surface area contributed by atoms with Crippen LogP contribution in [0.25, 0.3) is 17.0 Å². The molecular formula is C31H47ClN4O2. The van der Waals surface area contributed by atoms with Crippen molar-refractivity contribution in [2.24, 2.45) is 0 Å². The zero-order chi connectivity index (χ0) is 27.4. The molecule has 2 heterocycles. The highest BCUT2D eigenvalue weighted by molar-refractivity contribution is 6.34. The van der Waals surface area contributed by atoms with Crippen LogP contribution in [-0.4, -0.2) is 32.4 Å². The zero-order valence-electron chi connectivity index (χ0n) is 24.0. The number of rotatable bonds is 17. The average molecular weight is 543 g/mol. The molecule has 3 rings (SSSR count). The van der Waals surface area contributed by atoms with Crippen molar-refractivity contribution in [1.29, 1.82) is 0 Å². The first-order valence-corrected chi connectivity index (χ1v) is 15.1. The lowest BCUT2D eigenvalue weighted by Crippen LogP contribution is -2.13. The van der Waals surface area contributed by atoms with E-state index in [1.54, 1.807) is 4.63 Å². The number of nitrogens with zero attached hydrogens (tertiary/aromatic N) is 3. The van der Waals surface area contributed by atoms with Crippen molar-refractivity contribution in [3.63, 3.8) is 0 Å². The van der Waals surface area contributed by atoms with Crippen molar-refractivity contribution in [3.8, 4) is 11.4 Å². The van der Waals surface area contributed by atoms with E-state index in [0.717, 1.165) is 29.7 Å². The Kier molecular flexibility index (Phi) is 12.2. The number of hydrogen-bond donors (Lipinski definition) is 1. The SMILES string of the molecule is CCCCCCCCCCCCCCCOC(=O)Cc1ccc(-c2nn3nc(C(C)(C)C)c(Cl)c3[nH]2)cc1. The number of esters is 1. The van der Waals surface area contributed by atoms with E-state index in [1.807, 2.05) is 24.3 Å². The lowest BCUT2D eigenvalue weighted by Gasteiger charge is -2.14. The largest absolute Gasteiger partial charge is 0.465 e. The molecule has 0 radical (unpaired) electrons. The number of aromatic nitrogens is 4. The monoisotopic (exact) mass is 542 g/mol. The fourth-order valence-electron chi connectivity index (χ4n) is 4.71. The summed E-state index contributed by atoms with van der Waals surface area (Å²) in [5.41, 5.74) is 3.18. The van der Waals surface area contributed by atoms with Gasteiger partial charge in [-0.1, -0.05) is 141 Å². The molecule has 0 bridgehead atoms. The molecule has 7 heteroatoms. The number of carbonyl (C=O) groups is 1. The summed E-state index contributed by atoms with van der Waals surface area (Å²) in [6.07, 6.45) is 17.3. The number of unbranched alkanes of at least 4 members (excludes halogenated alkanes) is 12. The van der Waals surface area contributed by atoms with Crippen LogP contribution in [0.1, 0.15) is 122 Å². The number of benzene rings is 1. The maximum Gasteiger partial charge on any atom is 0.310 e. The molecule has 0 spiro atoms. The van der Waals surface area contributed by atoms with Gasteiger partial charge in [-0.05, 0) is 12.0 Å². The normalized spacial score (nSPS) is 11.9. The maximum absolute atomic E-state index is 12.3. The molecule has 210 valence electrons. The van der Waals surface area contributed by atoms with Gasteiger partial charge in [0.1, 0.15) is 5.02 Å². The van der Waals surface area contributed by atoms with Crippen molar-refractivity contribution in [2.45, 2.75) is 123 Å². The minimum atomic E-state index is -0.172. The highest BCUT2D eigenvalue weighted by Gasteiger charge is 2.25. The van der Waals surface area contributed by atoms with Crippen molar-refractivity contribution in [1.82, 2.24) is 19.8 Å². The van der Waals surface area contributed by atoms with E-state index in [-0.39, 0.29) is 17.8 Å². The van der Waals surface area contributed by atoms with E-state index in [1.165, 1.54) is 70.6 Å². The van der Waals surface area contributed by atoms with Crippen LogP contribution in [0.2, 0.25) is 5.02 Å². The molecular weight excluding hydrogens is 496 g/mol. The standard InChI is InChI=1S/C31H47ClN4O2/c1-5-6-7-8-9-10-11-12-13-14-15-16-17-22-38-26(37)23-24-18-20-25(21-19-24)29-33-30-27(32)28(31(2,3)4)34-36(30)35-29/h18-21H,5-17,22-23H2,1-4H3,(H,33,35). The third-order valence-corrected chi connectivity index (χ3v) is 7.40. The number of ether oxygens (including phenoxy) is 1. The van der Waals surface area contributed by atoms with E-state index in [2.05, 4.69) is 42.9 Å². The Balaban J connectivity index is 1.28. The summed E-state index contributed by atoms with van der Waals surface area (Å²) in [4.78, 5) is 15.5. The second-order valence-electron chi connectivity index (χ2n) is 11.6. The molecule has 1 N–H and O–H groups in total. The second kappa shape index (κ2) is 15.3. The highest BCUT2D eigenvalue weighted by Crippen LogP contribution is 2.31. The molecule has 0 atom stereocenters. The molecule has 0 aliphatic heterocycles. The molecule has 1 aromatic carbocycles. The molecule has 0 fully saturated rings. The van der Waals surface area contributed by atoms with Crippen LogP contribution >= 0.6 is 11.6 Å². The van der Waals surface area contributed by atoms with Crippen LogP contribution in [0.5, 0.6) is 0 Å². The van der Waals surface area contributed by atoms with Gasteiger partial charge in [0, 0.05) is 11.0 Å². The number of nitrogens with one attached hydrogen (secondary N) is 1. The van der Waals surface area contributed by atoms with E-state index >= 15 is 0 Å². The van der Waals surface area contributed by atoms with Gasteiger partial charge in [-0.3, -0.25) is 4.79 Å². The van der Waals surface area contributed by atoms with Gasteiger partial charge in [-0.25, -0.2) is 0 Å². The van der Waals surface area contributed by atoms with Gasteiger partial charge in [-0.2, -0.15) is 5.10 Å². The summed E-state index contributed by atoms with van der Waals surface area (Å²) < 4.78 is 7.01. The summed E-state index contributed by atoms with van der Waals surface area (Å²) in [7, 11) is 0. The Morgan fingerprint density at radius 2 is 1.42 bits per heavy atom. The molecule has 38 heavy (non-hydrogen) atoms. The lowest BCUT2D eigenvalue weighted by atomic mass is 9.92. The summed E-state index contributed by atoms with van der Waals surface area (Å²) in [5, 5.41) is 9.69. The molecule has 2 aromatic heterocycles. The van der Waals surface area contributed by atoms with Crippen molar-refractivity contribution >= 4 is 23.2 Å². The summed E-state index contributed by atoms with van der Waals surface area (Å²) >= 11 is 6.54. The number of hydrogen-bond acceptors (Lipinski definition) is 4. The molecule has 0 unspecified atom stereocenters. The van der Waals surface area contributed by atoms with E-state index in [0.29, 0.717) is 23.1 Å². The van der Waals surface area contributed by atoms with E-state index in [4.69, 9.17) is 16.3 Å². The van der Waals surface area contributed by atoms with E-state index < -0.39 is 0 Å². The second-order valence-corrected chi connectivity index (χ2v) is 11.9. The Labute approximate surface area is 233 Å². The molecule has 0 amide bonds. The van der Waals surface area contributed by atoms with Crippen molar-refractivity contribution in [3.05, 3.63) is 40.5 Å². The first kappa shape index (κ1) is 30.2. The van der Waals surface area contributed by atoms with Crippen LogP contribution < -0.4 is 0 Å². The fourth-order valence-corrected chi connectivity index (χ4v) is 5.15. The van der Waals surface area contributed by atoms with Gasteiger partial charge >= 0.3 is 5.97 Å². The first-order valence-electron chi connectivity index (χ1n) is 14.7. The number of aromatic amines is 1. The third-order valence-electron chi connectivity index (χ3n) is 7.04. The minimum Gasteiger partial charge on any atom is -0.465 e. The van der Waals surface area contributed by atoms with E-state index in [9.17, 15) is 4.79 Å². The topological polar surface area (TPSA) is 72.3 Å². The highest BCUT2D eigenvalue weighted by atomic mass is 35.5. The molecule has 0 saturated heterocycles. The van der Waals surface area contributed by atoms with Gasteiger partial charge in [0.2, 0.25) is 0 Å². The predicted octanol–water partition coefficient (Wildman–Crippen LogP) is 8.85. The average Bonchev–Trinajstić information content (AvgIpc) is 3.44. The third kappa shape index (κ3) is 9.44. The van der Waals surface area contributed by atoms with Crippen LogP contribution in [0.15, 0.2) is 24.3 Å². The van der Waals surface area contributed by atoms with Gasteiger partial charge < -0.3 is 9.72 Å². The van der Waals surface area contributed by atoms with Crippen molar-refractivity contribution in [2.75, 3.05) is 6.61 Å². The predicted molar refractivity (Wildman–Crippen MR) is 157 cm³/mol. The van der Waals surface area contributed by atoms with Gasteiger partial charge in [0.25, 0.3) is 0 Å². The number of H-pyrrole nitrogens is 1. The zero-order valence-corrected chi connectivity index (χ0v) is 24.7.